The molecule has 0 bridgehead atoms. The maximum absolute atomic E-state index is 11.1. The van der Waals surface area contributed by atoms with Crippen molar-refractivity contribution in [3.63, 3.8) is 0 Å². The van der Waals surface area contributed by atoms with E-state index in [0.29, 0.717) is 6.08 Å². The maximum atomic E-state index is 11.1. The summed E-state index contributed by atoms with van der Waals surface area (Å²) in [6.07, 6.45) is 1.31. The standard InChI is InChI=1S/C10H9NO6S.Na/c12-9(5-6-10(13)14)11-7-1-3-8(4-2-7)18(15,16)17;/h1-6H,(H,11,12)(H,13,14)(H,15,16,17);/q;+1/p-1/b6-5+;. The number of rotatable bonds is 4. The number of nitrogens with one attached hydrogen (secondary N) is 1. The SMILES string of the molecule is O=C([O-])/C=C/C(=O)Nc1ccc(S(=O)(=O)O)cc1.[Na+]. The first-order chi connectivity index (χ1) is 8.29. The van der Waals surface area contributed by atoms with Crippen LogP contribution in [0.4, 0.5) is 5.69 Å². The van der Waals surface area contributed by atoms with Gasteiger partial charge in [0.2, 0.25) is 5.91 Å². The molecule has 0 spiro atoms. The van der Waals surface area contributed by atoms with Gasteiger partial charge in [-0.2, -0.15) is 8.42 Å². The number of carboxylic acid groups (broad SMARTS) is 1. The van der Waals surface area contributed by atoms with Gasteiger partial charge in [-0.1, -0.05) is 0 Å². The summed E-state index contributed by atoms with van der Waals surface area (Å²) < 4.78 is 30.2. The summed E-state index contributed by atoms with van der Waals surface area (Å²) in [6, 6.07) is 4.67. The molecule has 96 valence electrons. The summed E-state index contributed by atoms with van der Waals surface area (Å²) in [6.45, 7) is 0. The fourth-order valence-corrected chi connectivity index (χ4v) is 1.52. The number of hydrogen-bond acceptors (Lipinski definition) is 5. The average molecular weight is 293 g/mol. The quantitative estimate of drug-likeness (QED) is 0.333. The molecule has 1 amide bonds. The van der Waals surface area contributed by atoms with Gasteiger partial charge in [-0.3, -0.25) is 9.35 Å². The van der Waals surface area contributed by atoms with E-state index in [9.17, 15) is 23.1 Å². The zero-order valence-corrected chi connectivity index (χ0v) is 12.7. The van der Waals surface area contributed by atoms with E-state index in [1.54, 1.807) is 0 Å². The molecular formula is C10H8NNaO6S. The summed E-state index contributed by atoms with van der Waals surface area (Å²) >= 11 is 0. The Morgan fingerprint density at radius 2 is 1.68 bits per heavy atom. The van der Waals surface area contributed by atoms with Crippen LogP contribution in [0.2, 0.25) is 0 Å². The topological polar surface area (TPSA) is 124 Å². The van der Waals surface area contributed by atoms with E-state index >= 15 is 0 Å². The van der Waals surface area contributed by atoms with Crippen molar-refractivity contribution in [1.82, 2.24) is 0 Å². The summed E-state index contributed by atoms with van der Waals surface area (Å²) in [5.41, 5.74) is 0.246. The molecule has 1 aromatic rings. The minimum atomic E-state index is -4.28. The van der Waals surface area contributed by atoms with Crippen LogP contribution in [0.15, 0.2) is 41.3 Å². The van der Waals surface area contributed by atoms with Crippen LogP contribution in [0.5, 0.6) is 0 Å². The first-order valence-electron chi connectivity index (χ1n) is 4.56. The second-order valence-corrected chi connectivity index (χ2v) is 4.56. The van der Waals surface area contributed by atoms with E-state index < -0.39 is 22.0 Å². The predicted octanol–water partition coefficient (Wildman–Crippen LogP) is -3.82. The van der Waals surface area contributed by atoms with E-state index in [1.807, 2.05) is 0 Å². The molecule has 0 heterocycles. The van der Waals surface area contributed by atoms with Gasteiger partial charge in [0.1, 0.15) is 0 Å². The Labute approximate surface area is 131 Å². The number of benzene rings is 1. The number of anilines is 1. The Hall–Kier alpha value is -1.19. The van der Waals surface area contributed by atoms with E-state index in [1.165, 1.54) is 12.1 Å². The smallest absolute Gasteiger partial charge is 0.545 e. The third kappa shape index (κ3) is 6.50. The van der Waals surface area contributed by atoms with Crippen LogP contribution < -0.4 is 40.0 Å². The van der Waals surface area contributed by atoms with Gasteiger partial charge in [0.15, 0.2) is 0 Å². The summed E-state index contributed by atoms with van der Waals surface area (Å²) in [7, 11) is -4.28. The number of amides is 1. The van der Waals surface area contributed by atoms with Crippen LogP contribution in [0.3, 0.4) is 0 Å². The van der Waals surface area contributed by atoms with Gasteiger partial charge in [0.25, 0.3) is 10.1 Å². The van der Waals surface area contributed by atoms with E-state index in [-0.39, 0.29) is 40.1 Å². The van der Waals surface area contributed by atoms with Crippen molar-refractivity contribution < 1.29 is 57.2 Å². The third-order valence-corrected chi connectivity index (χ3v) is 2.66. The van der Waals surface area contributed by atoms with Crippen LogP contribution in [0.1, 0.15) is 0 Å². The first-order valence-corrected chi connectivity index (χ1v) is 6.00. The van der Waals surface area contributed by atoms with Crippen molar-refractivity contribution in [2.75, 3.05) is 5.32 Å². The van der Waals surface area contributed by atoms with Crippen molar-refractivity contribution in [3.8, 4) is 0 Å². The summed E-state index contributed by atoms with van der Waals surface area (Å²) in [4.78, 5) is 20.9. The number of carbonyl (C=O) groups is 2. The molecule has 0 saturated carbocycles. The van der Waals surface area contributed by atoms with Gasteiger partial charge in [-0.15, -0.1) is 0 Å². The Balaban J connectivity index is 0.00000324. The van der Waals surface area contributed by atoms with Gasteiger partial charge in [0, 0.05) is 11.8 Å². The van der Waals surface area contributed by atoms with E-state index in [0.717, 1.165) is 18.2 Å². The van der Waals surface area contributed by atoms with Gasteiger partial charge in [-0.05, 0) is 30.3 Å². The number of carbonyl (C=O) groups excluding carboxylic acids is 2. The largest absolute Gasteiger partial charge is 1.00 e. The molecule has 0 saturated heterocycles. The predicted molar refractivity (Wildman–Crippen MR) is 59.0 cm³/mol. The molecule has 0 radical (unpaired) electrons. The van der Waals surface area contributed by atoms with Crippen LogP contribution in [0, 0.1) is 0 Å². The van der Waals surface area contributed by atoms with Gasteiger partial charge < -0.3 is 15.2 Å². The Bertz CT molecular complexity index is 593. The molecule has 0 fully saturated rings. The van der Waals surface area contributed by atoms with E-state index in [2.05, 4.69) is 5.32 Å². The molecular weight excluding hydrogens is 285 g/mol. The molecule has 19 heavy (non-hydrogen) atoms. The maximum Gasteiger partial charge on any atom is 1.00 e. The molecule has 0 aliphatic heterocycles. The molecule has 0 atom stereocenters. The fraction of sp³-hybridized carbons (Fsp3) is 0. The van der Waals surface area contributed by atoms with Crippen LogP contribution in [-0.4, -0.2) is 24.8 Å². The molecule has 2 N–H and O–H groups in total. The van der Waals surface area contributed by atoms with Gasteiger partial charge in [-0.25, -0.2) is 0 Å². The molecule has 0 aromatic heterocycles. The molecule has 7 nitrogen and oxygen atoms in total. The normalized spacial score (nSPS) is 10.8. The van der Waals surface area contributed by atoms with Gasteiger partial charge in [0.05, 0.1) is 10.9 Å². The van der Waals surface area contributed by atoms with Crippen LogP contribution in [-0.2, 0) is 19.7 Å². The average Bonchev–Trinajstić information content (AvgIpc) is 2.26. The monoisotopic (exact) mass is 293 g/mol. The second kappa shape index (κ2) is 7.41. The molecule has 0 aliphatic rings. The minimum absolute atomic E-state index is 0. The van der Waals surface area contributed by atoms with Crippen molar-refractivity contribution in [3.05, 3.63) is 36.4 Å². The zero-order chi connectivity index (χ0) is 13.8. The molecule has 1 rings (SSSR count). The van der Waals surface area contributed by atoms with Crippen molar-refractivity contribution in [1.29, 1.82) is 0 Å². The molecule has 0 unspecified atom stereocenters. The number of carboxylic acids is 1. The zero-order valence-electron chi connectivity index (χ0n) is 9.86. The van der Waals surface area contributed by atoms with Crippen LogP contribution >= 0.6 is 0 Å². The molecule has 0 aliphatic carbocycles. The second-order valence-electron chi connectivity index (χ2n) is 3.14. The van der Waals surface area contributed by atoms with Crippen molar-refractivity contribution >= 4 is 27.7 Å². The number of aliphatic carboxylic acids is 1. The van der Waals surface area contributed by atoms with Gasteiger partial charge >= 0.3 is 29.6 Å². The van der Waals surface area contributed by atoms with Crippen LogP contribution in [0.25, 0.3) is 0 Å². The summed E-state index contributed by atoms with van der Waals surface area (Å²) in [5, 5.41) is 12.3. The fourth-order valence-electron chi connectivity index (χ4n) is 1.04. The Morgan fingerprint density at radius 3 is 2.11 bits per heavy atom. The number of hydrogen-bond donors (Lipinski definition) is 2. The minimum Gasteiger partial charge on any atom is -0.545 e. The summed E-state index contributed by atoms with van der Waals surface area (Å²) in [5.74, 6) is -2.22. The first kappa shape index (κ1) is 17.8. The van der Waals surface area contributed by atoms with Crippen molar-refractivity contribution in [2.45, 2.75) is 4.90 Å². The molecule has 1 aromatic carbocycles. The Morgan fingerprint density at radius 1 is 1.16 bits per heavy atom. The Kier molecular flexibility index (Phi) is 6.95. The van der Waals surface area contributed by atoms with E-state index in [4.69, 9.17) is 4.55 Å². The molecule has 9 heteroatoms. The van der Waals surface area contributed by atoms with Crippen molar-refractivity contribution in [2.24, 2.45) is 0 Å². The third-order valence-electron chi connectivity index (χ3n) is 1.79.